The van der Waals surface area contributed by atoms with Crippen LogP contribution in [0.25, 0.3) is 0 Å². The summed E-state index contributed by atoms with van der Waals surface area (Å²) in [4.78, 5) is 4.59. The molecule has 0 unspecified atom stereocenters. The van der Waals surface area contributed by atoms with Gasteiger partial charge in [-0.2, -0.15) is 0 Å². The van der Waals surface area contributed by atoms with Crippen LogP contribution in [0.4, 0.5) is 11.4 Å². The fourth-order valence-corrected chi connectivity index (χ4v) is 2.32. The van der Waals surface area contributed by atoms with Gasteiger partial charge in [-0.3, -0.25) is 0 Å². The van der Waals surface area contributed by atoms with E-state index in [1.54, 1.807) is 0 Å². The van der Waals surface area contributed by atoms with Gasteiger partial charge in [0.1, 0.15) is 0 Å². The summed E-state index contributed by atoms with van der Waals surface area (Å²) < 4.78 is 0. The van der Waals surface area contributed by atoms with Gasteiger partial charge in [0.25, 0.3) is 0 Å². The van der Waals surface area contributed by atoms with Crippen molar-refractivity contribution in [1.82, 2.24) is 4.90 Å². The summed E-state index contributed by atoms with van der Waals surface area (Å²) in [5.41, 5.74) is 4.20. The molecule has 1 N–H and O–H groups in total. The van der Waals surface area contributed by atoms with E-state index in [1.165, 1.54) is 29.8 Å². The monoisotopic (exact) mass is 233 g/mol. The molecular formula is C14H23N3. The third kappa shape index (κ3) is 2.91. The molecule has 0 saturated carbocycles. The van der Waals surface area contributed by atoms with Crippen molar-refractivity contribution in [2.45, 2.75) is 12.8 Å². The Kier molecular flexibility index (Phi) is 3.89. The van der Waals surface area contributed by atoms with Gasteiger partial charge in [0, 0.05) is 38.1 Å². The number of likely N-dealkylation sites (N-methyl/N-ethyl adjacent to an activating group) is 2. The Bertz CT molecular complexity index is 374. The standard InChI is InChI=1S/C14H23N3/c1-16(2)10-11-17(3)14-8-4-7-13-12(14)6-5-9-15-13/h4,7-8,15H,5-6,9-11H2,1-3H3. The summed E-state index contributed by atoms with van der Waals surface area (Å²) >= 11 is 0. The molecule has 0 spiro atoms. The zero-order valence-corrected chi connectivity index (χ0v) is 11.2. The van der Waals surface area contributed by atoms with Crippen molar-refractivity contribution in [1.29, 1.82) is 0 Å². The van der Waals surface area contributed by atoms with Crippen molar-refractivity contribution < 1.29 is 0 Å². The maximum atomic E-state index is 3.49. The molecule has 94 valence electrons. The minimum Gasteiger partial charge on any atom is -0.385 e. The van der Waals surface area contributed by atoms with E-state index in [-0.39, 0.29) is 0 Å². The van der Waals surface area contributed by atoms with E-state index >= 15 is 0 Å². The predicted molar refractivity (Wildman–Crippen MR) is 75.1 cm³/mol. The summed E-state index contributed by atoms with van der Waals surface area (Å²) in [5.74, 6) is 0. The van der Waals surface area contributed by atoms with Gasteiger partial charge >= 0.3 is 0 Å². The fraction of sp³-hybridized carbons (Fsp3) is 0.571. The summed E-state index contributed by atoms with van der Waals surface area (Å²) in [6.45, 7) is 3.27. The smallest absolute Gasteiger partial charge is 0.0417 e. The Morgan fingerprint density at radius 1 is 1.18 bits per heavy atom. The van der Waals surface area contributed by atoms with Crippen LogP contribution in [-0.2, 0) is 6.42 Å². The van der Waals surface area contributed by atoms with Gasteiger partial charge in [0.2, 0.25) is 0 Å². The van der Waals surface area contributed by atoms with E-state index in [2.05, 4.69) is 54.5 Å². The molecule has 1 aliphatic rings. The second-order valence-corrected chi connectivity index (χ2v) is 5.06. The number of hydrogen-bond donors (Lipinski definition) is 1. The van der Waals surface area contributed by atoms with E-state index in [0.29, 0.717) is 0 Å². The SMILES string of the molecule is CN(C)CCN(C)c1cccc2c1CCCN2. The molecule has 0 aliphatic carbocycles. The maximum absolute atomic E-state index is 3.49. The predicted octanol–water partition coefficient (Wildman–Crippen LogP) is 2.04. The largest absolute Gasteiger partial charge is 0.385 e. The van der Waals surface area contributed by atoms with Gasteiger partial charge in [-0.05, 0) is 44.6 Å². The number of hydrogen-bond acceptors (Lipinski definition) is 3. The second kappa shape index (κ2) is 5.41. The van der Waals surface area contributed by atoms with Crippen molar-refractivity contribution in [3.05, 3.63) is 23.8 Å². The number of anilines is 2. The van der Waals surface area contributed by atoms with Gasteiger partial charge in [-0.1, -0.05) is 6.07 Å². The molecule has 17 heavy (non-hydrogen) atoms. The van der Waals surface area contributed by atoms with Crippen LogP contribution < -0.4 is 10.2 Å². The van der Waals surface area contributed by atoms with Crippen LogP contribution in [0, 0.1) is 0 Å². The molecule has 1 aromatic carbocycles. The van der Waals surface area contributed by atoms with Crippen molar-refractivity contribution in [3.8, 4) is 0 Å². The van der Waals surface area contributed by atoms with Crippen molar-refractivity contribution in [3.63, 3.8) is 0 Å². The molecular weight excluding hydrogens is 210 g/mol. The van der Waals surface area contributed by atoms with Crippen LogP contribution in [0.5, 0.6) is 0 Å². The fourth-order valence-electron chi connectivity index (χ4n) is 2.32. The van der Waals surface area contributed by atoms with Gasteiger partial charge in [-0.15, -0.1) is 0 Å². The number of fused-ring (bicyclic) bond motifs is 1. The first-order valence-corrected chi connectivity index (χ1v) is 6.40. The molecule has 3 heteroatoms. The minimum absolute atomic E-state index is 1.07. The topological polar surface area (TPSA) is 18.5 Å². The lowest BCUT2D eigenvalue weighted by molar-refractivity contribution is 0.416. The van der Waals surface area contributed by atoms with Gasteiger partial charge < -0.3 is 15.1 Å². The normalized spacial score (nSPS) is 14.4. The number of benzene rings is 1. The lowest BCUT2D eigenvalue weighted by Gasteiger charge is -2.28. The molecule has 0 atom stereocenters. The molecule has 3 nitrogen and oxygen atoms in total. The molecule has 0 fully saturated rings. The summed E-state index contributed by atoms with van der Waals surface area (Å²) in [5, 5.41) is 3.49. The first-order chi connectivity index (χ1) is 8.18. The average molecular weight is 233 g/mol. The molecule has 0 aromatic heterocycles. The van der Waals surface area contributed by atoms with Gasteiger partial charge in [0.05, 0.1) is 0 Å². The Morgan fingerprint density at radius 2 is 2.00 bits per heavy atom. The van der Waals surface area contributed by atoms with E-state index in [1.807, 2.05) is 0 Å². The van der Waals surface area contributed by atoms with Crippen LogP contribution in [0.1, 0.15) is 12.0 Å². The minimum atomic E-state index is 1.07. The van der Waals surface area contributed by atoms with Crippen LogP contribution in [0.15, 0.2) is 18.2 Å². The third-order valence-electron chi connectivity index (χ3n) is 3.36. The van der Waals surface area contributed by atoms with Crippen molar-refractivity contribution in [2.24, 2.45) is 0 Å². The molecule has 1 aromatic rings. The molecule has 0 saturated heterocycles. The highest BCUT2D eigenvalue weighted by Gasteiger charge is 2.14. The van der Waals surface area contributed by atoms with E-state index in [9.17, 15) is 0 Å². The van der Waals surface area contributed by atoms with Crippen molar-refractivity contribution >= 4 is 11.4 Å². The molecule has 0 amide bonds. The third-order valence-corrected chi connectivity index (χ3v) is 3.36. The highest BCUT2D eigenvalue weighted by molar-refractivity contribution is 5.67. The molecule has 1 aliphatic heterocycles. The lowest BCUT2D eigenvalue weighted by Crippen LogP contribution is -2.29. The average Bonchev–Trinajstić information content (AvgIpc) is 2.35. The van der Waals surface area contributed by atoms with Crippen LogP contribution in [0.2, 0.25) is 0 Å². The Hall–Kier alpha value is -1.22. The van der Waals surface area contributed by atoms with E-state index in [4.69, 9.17) is 0 Å². The first-order valence-electron chi connectivity index (χ1n) is 6.40. The molecule has 0 radical (unpaired) electrons. The van der Waals surface area contributed by atoms with E-state index in [0.717, 1.165) is 19.6 Å². The number of nitrogens with one attached hydrogen (secondary N) is 1. The molecule has 0 bridgehead atoms. The number of nitrogens with zero attached hydrogens (tertiary/aromatic N) is 2. The summed E-state index contributed by atoms with van der Waals surface area (Å²) in [7, 11) is 6.43. The van der Waals surface area contributed by atoms with Gasteiger partial charge in [-0.25, -0.2) is 0 Å². The first kappa shape index (κ1) is 12.2. The molecule has 2 rings (SSSR count). The Balaban J connectivity index is 2.14. The number of rotatable bonds is 4. The second-order valence-electron chi connectivity index (χ2n) is 5.06. The Labute approximate surface area is 104 Å². The maximum Gasteiger partial charge on any atom is 0.0417 e. The zero-order chi connectivity index (χ0) is 12.3. The zero-order valence-electron chi connectivity index (χ0n) is 11.2. The summed E-state index contributed by atoms with van der Waals surface area (Å²) in [6.07, 6.45) is 2.44. The van der Waals surface area contributed by atoms with Crippen molar-refractivity contribution in [2.75, 3.05) is 51.0 Å². The quantitative estimate of drug-likeness (QED) is 0.858. The van der Waals surface area contributed by atoms with Crippen LogP contribution >= 0.6 is 0 Å². The Morgan fingerprint density at radius 3 is 2.76 bits per heavy atom. The highest BCUT2D eigenvalue weighted by atomic mass is 15.2. The van der Waals surface area contributed by atoms with Crippen LogP contribution in [0.3, 0.4) is 0 Å². The van der Waals surface area contributed by atoms with Gasteiger partial charge in [0.15, 0.2) is 0 Å². The van der Waals surface area contributed by atoms with E-state index < -0.39 is 0 Å². The lowest BCUT2D eigenvalue weighted by atomic mass is 10.0. The summed E-state index contributed by atoms with van der Waals surface area (Å²) in [6, 6.07) is 6.58. The highest BCUT2D eigenvalue weighted by Crippen LogP contribution is 2.30. The van der Waals surface area contributed by atoms with Crippen LogP contribution in [-0.4, -0.2) is 45.7 Å². The molecule has 1 heterocycles.